The predicted octanol–water partition coefficient (Wildman–Crippen LogP) is 2.45. The molecular weight excluding hydrogens is 270 g/mol. The normalized spacial score (nSPS) is 24.8. The molecule has 0 saturated heterocycles. The van der Waals surface area contributed by atoms with Crippen molar-refractivity contribution in [3.63, 3.8) is 0 Å². The summed E-state index contributed by atoms with van der Waals surface area (Å²) in [5.74, 6) is 0.551. The SMILES string of the molecule is CCCNC1(C(=O)O)CCC(Oc2ccccc2OC)C1. The smallest absolute Gasteiger partial charge is 0.324 e. The van der Waals surface area contributed by atoms with Gasteiger partial charge in [0.1, 0.15) is 11.6 Å². The Hall–Kier alpha value is -1.75. The Morgan fingerprint density at radius 3 is 2.76 bits per heavy atom. The predicted molar refractivity (Wildman–Crippen MR) is 79.9 cm³/mol. The van der Waals surface area contributed by atoms with E-state index in [1.165, 1.54) is 0 Å². The zero-order valence-corrected chi connectivity index (χ0v) is 12.6. The van der Waals surface area contributed by atoms with Crippen LogP contribution in [-0.2, 0) is 4.79 Å². The van der Waals surface area contributed by atoms with E-state index in [1.54, 1.807) is 7.11 Å². The minimum Gasteiger partial charge on any atom is -0.493 e. The van der Waals surface area contributed by atoms with E-state index in [1.807, 2.05) is 31.2 Å². The zero-order chi connectivity index (χ0) is 15.3. The van der Waals surface area contributed by atoms with Gasteiger partial charge in [-0.05, 0) is 37.9 Å². The van der Waals surface area contributed by atoms with Crippen molar-refractivity contribution < 1.29 is 19.4 Å². The van der Waals surface area contributed by atoms with Gasteiger partial charge in [0.25, 0.3) is 0 Å². The molecule has 1 aromatic carbocycles. The average Bonchev–Trinajstić information content (AvgIpc) is 2.90. The van der Waals surface area contributed by atoms with E-state index in [4.69, 9.17) is 9.47 Å². The highest BCUT2D eigenvalue weighted by molar-refractivity contribution is 5.79. The van der Waals surface area contributed by atoms with Gasteiger partial charge in [-0.25, -0.2) is 0 Å². The summed E-state index contributed by atoms with van der Waals surface area (Å²) in [5.41, 5.74) is -0.858. The standard InChI is InChI=1S/C16H23NO4/c1-3-10-17-16(15(18)19)9-8-12(11-16)21-14-7-5-4-6-13(14)20-2/h4-7,12,17H,3,8-11H2,1-2H3,(H,18,19). The molecule has 1 fully saturated rings. The fourth-order valence-corrected chi connectivity index (χ4v) is 2.79. The van der Waals surface area contributed by atoms with Gasteiger partial charge >= 0.3 is 5.97 Å². The fraction of sp³-hybridized carbons (Fsp3) is 0.562. The lowest BCUT2D eigenvalue weighted by atomic mass is 9.97. The quantitative estimate of drug-likeness (QED) is 0.808. The number of hydrogen-bond acceptors (Lipinski definition) is 4. The van der Waals surface area contributed by atoms with Gasteiger partial charge in [-0.2, -0.15) is 0 Å². The Balaban J connectivity index is 2.05. The van der Waals surface area contributed by atoms with Crippen LogP contribution in [0.15, 0.2) is 24.3 Å². The number of benzene rings is 1. The monoisotopic (exact) mass is 293 g/mol. The number of rotatable bonds is 7. The van der Waals surface area contributed by atoms with Crippen LogP contribution in [0.25, 0.3) is 0 Å². The fourth-order valence-electron chi connectivity index (χ4n) is 2.79. The molecule has 1 aromatic rings. The van der Waals surface area contributed by atoms with Crippen molar-refractivity contribution in [2.45, 2.75) is 44.2 Å². The highest BCUT2D eigenvalue weighted by Gasteiger charge is 2.46. The highest BCUT2D eigenvalue weighted by Crippen LogP contribution is 2.35. The molecule has 5 heteroatoms. The molecule has 0 radical (unpaired) electrons. The summed E-state index contributed by atoms with van der Waals surface area (Å²) in [4.78, 5) is 11.6. The minimum absolute atomic E-state index is 0.109. The molecule has 0 aromatic heterocycles. The number of carbonyl (C=O) groups is 1. The lowest BCUT2D eigenvalue weighted by Gasteiger charge is -2.26. The molecule has 1 aliphatic rings. The van der Waals surface area contributed by atoms with E-state index >= 15 is 0 Å². The highest BCUT2D eigenvalue weighted by atomic mass is 16.5. The molecule has 0 heterocycles. The van der Waals surface area contributed by atoms with Crippen molar-refractivity contribution in [2.24, 2.45) is 0 Å². The number of aliphatic carboxylic acids is 1. The van der Waals surface area contributed by atoms with Crippen LogP contribution >= 0.6 is 0 Å². The summed E-state index contributed by atoms with van der Waals surface area (Å²) in [6, 6.07) is 7.44. The maximum atomic E-state index is 11.6. The number of carboxylic acids is 1. The van der Waals surface area contributed by atoms with Gasteiger partial charge in [-0.15, -0.1) is 0 Å². The average molecular weight is 293 g/mol. The summed E-state index contributed by atoms with van der Waals surface area (Å²) < 4.78 is 11.2. The Kier molecular flexibility index (Phi) is 5.07. The van der Waals surface area contributed by atoms with Crippen molar-refractivity contribution in [2.75, 3.05) is 13.7 Å². The van der Waals surface area contributed by atoms with Crippen LogP contribution in [-0.4, -0.2) is 36.4 Å². The molecule has 2 N–H and O–H groups in total. The second kappa shape index (κ2) is 6.80. The Morgan fingerprint density at radius 1 is 1.43 bits per heavy atom. The lowest BCUT2D eigenvalue weighted by molar-refractivity contribution is -0.144. The Labute approximate surface area is 125 Å². The molecule has 21 heavy (non-hydrogen) atoms. The molecule has 5 nitrogen and oxygen atoms in total. The van der Waals surface area contributed by atoms with Gasteiger partial charge in [0.15, 0.2) is 11.5 Å². The minimum atomic E-state index is -0.858. The second-order valence-electron chi connectivity index (χ2n) is 5.45. The number of para-hydroxylation sites is 2. The number of nitrogens with one attached hydrogen (secondary N) is 1. The van der Waals surface area contributed by atoms with Crippen LogP contribution in [0.5, 0.6) is 11.5 Å². The van der Waals surface area contributed by atoms with Crippen LogP contribution in [0, 0.1) is 0 Å². The van der Waals surface area contributed by atoms with Crippen LogP contribution in [0.4, 0.5) is 0 Å². The third-order valence-corrected chi connectivity index (χ3v) is 3.95. The first kappa shape index (κ1) is 15.6. The first-order valence-electron chi connectivity index (χ1n) is 7.39. The lowest BCUT2D eigenvalue weighted by Crippen LogP contribution is -2.50. The number of methoxy groups -OCH3 is 1. The third kappa shape index (κ3) is 3.47. The summed E-state index contributed by atoms with van der Waals surface area (Å²) in [6.07, 6.45) is 2.58. The Bertz CT molecular complexity index is 491. The molecule has 2 rings (SSSR count). The molecule has 0 bridgehead atoms. The molecule has 1 saturated carbocycles. The molecule has 0 aliphatic heterocycles. The number of ether oxygens (including phenoxy) is 2. The first-order valence-corrected chi connectivity index (χ1v) is 7.39. The number of hydrogen-bond donors (Lipinski definition) is 2. The van der Waals surface area contributed by atoms with Crippen molar-refractivity contribution in [3.05, 3.63) is 24.3 Å². The molecule has 116 valence electrons. The largest absolute Gasteiger partial charge is 0.493 e. The summed E-state index contributed by atoms with van der Waals surface area (Å²) in [5, 5.41) is 12.7. The van der Waals surface area contributed by atoms with Crippen molar-refractivity contribution >= 4 is 5.97 Å². The van der Waals surface area contributed by atoms with Gasteiger partial charge in [0.2, 0.25) is 0 Å². The maximum absolute atomic E-state index is 11.6. The van der Waals surface area contributed by atoms with E-state index in [0.717, 1.165) is 12.8 Å². The van der Waals surface area contributed by atoms with Crippen LogP contribution in [0.1, 0.15) is 32.6 Å². The van der Waals surface area contributed by atoms with E-state index in [0.29, 0.717) is 30.9 Å². The van der Waals surface area contributed by atoms with E-state index < -0.39 is 11.5 Å². The summed E-state index contributed by atoms with van der Waals surface area (Å²) >= 11 is 0. The molecule has 2 unspecified atom stereocenters. The third-order valence-electron chi connectivity index (χ3n) is 3.95. The summed E-state index contributed by atoms with van der Waals surface area (Å²) in [6.45, 7) is 2.73. The van der Waals surface area contributed by atoms with Crippen LogP contribution < -0.4 is 14.8 Å². The van der Waals surface area contributed by atoms with E-state index in [9.17, 15) is 9.90 Å². The van der Waals surface area contributed by atoms with Crippen molar-refractivity contribution in [3.8, 4) is 11.5 Å². The Morgan fingerprint density at radius 2 is 2.14 bits per heavy atom. The zero-order valence-electron chi connectivity index (χ0n) is 12.6. The summed E-state index contributed by atoms with van der Waals surface area (Å²) in [7, 11) is 1.60. The van der Waals surface area contributed by atoms with Gasteiger partial charge in [-0.1, -0.05) is 19.1 Å². The molecule has 1 aliphatic carbocycles. The maximum Gasteiger partial charge on any atom is 0.324 e. The molecule has 0 amide bonds. The molecule has 2 atom stereocenters. The molecule has 0 spiro atoms. The van der Waals surface area contributed by atoms with Crippen molar-refractivity contribution in [1.82, 2.24) is 5.32 Å². The molecular formula is C16H23NO4. The topological polar surface area (TPSA) is 67.8 Å². The van der Waals surface area contributed by atoms with Gasteiger partial charge < -0.3 is 19.9 Å². The van der Waals surface area contributed by atoms with Crippen LogP contribution in [0.2, 0.25) is 0 Å². The van der Waals surface area contributed by atoms with E-state index in [2.05, 4.69) is 5.32 Å². The van der Waals surface area contributed by atoms with Crippen molar-refractivity contribution in [1.29, 1.82) is 0 Å². The van der Waals surface area contributed by atoms with Crippen LogP contribution in [0.3, 0.4) is 0 Å². The second-order valence-corrected chi connectivity index (χ2v) is 5.45. The first-order chi connectivity index (χ1) is 10.1. The van der Waals surface area contributed by atoms with Gasteiger partial charge in [0, 0.05) is 6.42 Å². The number of carboxylic acid groups (broad SMARTS) is 1. The van der Waals surface area contributed by atoms with Gasteiger partial charge in [0.05, 0.1) is 7.11 Å². The van der Waals surface area contributed by atoms with Gasteiger partial charge in [-0.3, -0.25) is 4.79 Å². The van der Waals surface area contributed by atoms with E-state index in [-0.39, 0.29) is 6.10 Å².